The molecule has 1 saturated heterocycles. The lowest BCUT2D eigenvalue weighted by Gasteiger charge is -2.31. The van der Waals surface area contributed by atoms with Crippen molar-refractivity contribution in [3.8, 4) is 0 Å². The van der Waals surface area contributed by atoms with Crippen LogP contribution in [0.3, 0.4) is 0 Å². The Labute approximate surface area is 210 Å². The van der Waals surface area contributed by atoms with Crippen molar-refractivity contribution in [2.45, 2.75) is 46.6 Å². The molecule has 1 N–H and O–H groups in total. The number of nitrogens with zero attached hydrogens (tertiary/aromatic N) is 1. The fourth-order valence-corrected chi connectivity index (χ4v) is 3.18. The molecule has 0 radical (unpaired) electrons. The SMILES string of the molecule is COC1CCCN(C(=O)/C=C/C(C)=C/C=C/C(C)=C/C=C/C=C(C)/C=C/C=C(C)\C=C\C(=O)O)C1. The number of carboxylic acids is 1. The first-order chi connectivity index (χ1) is 16.7. The topological polar surface area (TPSA) is 66.8 Å². The maximum Gasteiger partial charge on any atom is 0.328 e. The Morgan fingerprint density at radius 1 is 0.743 bits per heavy atom. The minimum Gasteiger partial charge on any atom is -0.478 e. The van der Waals surface area contributed by atoms with Gasteiger partial charge in [-0.15, -0.1) is 0 Å². The third-order valence-electron chi connectivity index (χ3n) is 5.27. The van der Waals surface area contributed by atoms with Crippen LogP contribution in [0.4, 0.5) is 0 Å². The molecule has 0 aliphatic carbocycles. The number of allylic oxidation sites excluding steroid dienone is 16. The van der Waals surface area contributed by atoms with Gasteiger partial charge in [-0.1, -0.05) is 95.2 Å². The van der Waals surface area contributed by atoms with Crippen molar-refractivity contribution in [3.05, 3.63) is 107 Å². The average Bonchev–Trinajstić information content (AvgIpc) is 2.83. The van der Waals surface area contributed by atoms with E-state index in [0.717, 1.165) is 47.8 Å². The normalized spacial score (nSPS) is 19.3. The van der Waals surface area contributed by atoms with Gasteiger partial charge in [0.05, 0.1) is 6.10 Å². The van der Waals surface area contributed by atoms with E-state index >= 15 is 0 Å². The number of carbonyl (C=O) groups is 2. The molecule has 5 nitrogen and oxygen atoms in total. The monoisotopic (exact) mass is 477 g/mol. The molecule has 5 heteroatoms. The Morgan fingerprint density at radius 2 is 1.23 bits per heavy atom. The summed E-state index contributed by atoms with van der Waals surface area (Å²) in [6, 6.07) is 0. The molecule has 188 valence electrons. The molecule has 1 aliphatic rings. The molecule has 1 rings (SSSR count). The Kier molecular flexibility index (Phi) is 14.4. The molecule has 35 heavy (non-hydrogen) atoms. The smallest absolute Gasteiger partial charge is 0.328 e. The van der Waals surface area contributed by atoms with Gasteiger partial charge in [0, 0.05) is 32.4 Å². The maximum atomic E-state index is 12.4. The van der Waals surface area contributed by atoms with Gasteiger partial charge in [-0.25, -0.2) is 4.79 Å². The number of hydrogen-bond acceptors (Lipinski definition) is 3. The third-order valence-corrected chi connectivity index (χ3v) is 5.27. The minimum atomic E-state index is -0.954. The van der Waals surface area contributed by atoms with E-state index < -0.39 is 5.97 Å². The summed E-state index contributed by atoms with van der Waals surface area (Å²) < 4.78 is 5.38. The third kappa shape index (κ3) is 14.4. The van der Waals surface area contributed by atoms with E-state index in [9.17, 15) is 9.59 Å². The summed E-state index contributed by atoms with van der Waals surface area (Å²) in [7, 11) is 1.70. The number of hydrogen-bond donors (Lipinski definition) is 1. The van der Waals surface area contributed by atoms with E-state index in [1.165, 1.54) is 0 Å². The van der Waals surface area contributed by atoms with Crippen LogP contribution in [0.15, 0.2) is 107 Å². The van der Waals surface area contributed by atoms with Gasteiger partial charge in [-0.2, -0.15) is 0 Å². The van der Waals surface area contributed by atoms with Crippen molar-refractivity contribution >= 4 is 11.9 Å². The van der Waals surface area contributed by atoms with Crippen LogP contribution in [0.25, 0.3) is 0 Å². The molecule has 0 aromatic carbocycles. The van der Waals surface area contributed by atoms with E-state index in [0.29, 0.717) is 6.54 Å². The molecule has 1 amide bonds. The van der Waals surface area contributed by atoms with Crippen molar-refractivity contribution in [2.24, 2.45) is 0 Å². The summed E-state index contributed by atoms with van der Waals surface area (Å²) in [5.41, 5.74) is 4.06. The molecule has 1 fully saturated rings. The van der Waals surface area contributed by atoms with Crippen LogP contribution in [0.2, 0.25) is 0 Å². The van der Waals surface area contributed by atoms with E-state index in [4.69, 9.17) is 9.84 Å². The molecule has 1 aliphatic heterocycles. The van der Waals surface area contributed by atoms with Gasteiger partial charge in [0.2, 0.25) is 5.91 Å². The van der Waals surface area contributed by atoms with Crippen LogP contribution in [0, 0.1) is 0 Å². The number of likely N-dealkylation sites (tertiary alicyclic amines) is 1. The number of carbonyl (C=O) groups excluding carboxylic acids is 1. The first kappa shape index (κ1) is 29.6. The quantitative estimate of drug-likeness (QED) is 0.281. The van der Waals surface area contributed by atoms with Crippen LogP contribution < -0.4 is 0 Å². The Hall–Kier alpha value is -3.44. The van der Waals surface area contributed by atoms with E-state index in [1.54, 1.807) is 19.3 Å². The van der Waals surface area contributed by atoms with Crippen LogP contribution in [-0.2, 0) is 14.3 Å². The van der Waals surface area contributed by atoms with Crippen LogP contribution in [0.5, 0.6) is 0 Å². The van der Waals surface area contributed by atoms with Gasteiger partial charge < -0.3 is 14.7 Å². The second-order valence-electron chi connectivity index (χ2n) is 8.53. The van der Waals surface area contributed by atoms with Crippen molar-refractivity contribution in [1.29, 1.82) is 0 Å². The van der Waals surface area contributed by atoms with E-state index in [1.807, 2.05) is 99.4 Å². The highest BCUT2D eigenvalue weighted by Gasteiger charge is 2.21. The number of ether oxygens (including phenoxy) is 1. The summed E-state index contributed by atoms with van der Waals surface area (Å²) in [5.74, 6) is -0.922. The molecule has 0 aromatic rings. The summed E-state index contributed by atoms with van der Waals surface area (Å²) in [4.78, 5) is 24.7. The van der Waals surface area contributed by atoms with E-state index in [2.05, 4.69) is 0 Å². The lowest BCUT2D eigenvalue weighted by molar-refractivity contribution is -0.131. The average molecular weight is 478 g/mol. The van der Waals surface area contributed by atoms with Gasteiger partial charge >= 0.3 is 5.97 Å². The number of methoxy groups -OCH3 is 1. The molecule has 0 bridgehead atoms. The van der Waals surface area contributed by atoms with Gasteiger partial charge in [-0.3, -0.25) is 4.79 Å². The lowest BCUT2D eigenvalue weighted by atomic mass is 10.1. The summed E-state index contributed by atoms with van der Waals surface area (Å²) in [6.45, 7) is 9.30. The zero-order valence-corrected chi connectivity index (χ0v) is 21.6. The second kappa shape index (κ2) is 17.1. The van der Waals surface area contributed by atoms with Crippen LogP contribution in [0.1, 0.15) is 40.5 Å². The fraction of sp³-hybridized carbons (Fsp3) is 0.333. The molecule has 0 spiro atoms. The van der Waals surface area contributed by atoms with Crippen LogP contribution in [-0.4, -0.2) is 48.2 Å². The molecule has 1 heterocycles. The van der Waals surface area contributed by atoms with Crippen LogP contribution >= 0.6 is 0 Å². The number of piperidine rings is 1. The summed E-state index contributed by atoms with van der Waals surface area (Å²) >= 11 is 0. The summed E-state index contributed by atoms with van der Waals surface area (Å²) in [6.07, 6.45) is 28.0. The zero-order valence-electron chi connectivity index (χ0n) is 21.6. The molecule has 1 atom stereocenters. The Bertz CT molecular complexity index is 984. The molecule has 0 aromatic heterocycles. The van der Waals surface area contributed by atoms with Crippen molar-refractivity contribution in [3.63, 3.8) is 0 Å². The summed E-state index contributed by atoms with van der Waals surface area (Å²) in [5, 5.41) is 8.62. The Morgan fingerprint density at radius 3 is 1.74 bits per heavy atom. The lowest BCUT2D eigenvalue weighted by Crippen LogP contribution is -2.42. The maximum absolute atomic E-state index is 12.4. The molecular weight excluding hydrogens is 438 g/mol. The van der Waals surface area contributed by atoms with Gasteiger partial charge in [0.15, 0.2) is 0 Å². The largest absolute Gasteiger partial charge is 0.478 e. The second-order valence-corrected chi connectivity index (χ2v) is 8.53. The highest BCUT2D eigenvalue weighted by atomic mass is 16.5. The molecular formula is C30H39NO4. The van der Waals surface area contributed by atoms with Gasteiger partial charge in [0.25, 0.3) is 0 Å². The highest BCUT2D eigenvalue weighted by molar-refractivity contribution is 5.88. The standard InChI is InChI=1S/C30H39NO4/c1-24(11-6-7-12-25(2)14-9-16-27(4)19-21-30(33)34)13-8-15-26(3)18-20-29(32)31-22-10-17-28(23-31)35-5/h6-9,11-16,18-21,28H,10,17,22-23H2,1-5H3,(H,33,34)/b7-6+,13-8+,14-9+,20-18+,21-19+,24-11+,25-12+,26-15+,27-16-. The zero-order chi connectivity index (χ0) is 26.1. The number of rotatable bonds is 11. The fourth-order valence-electron chi connectivity index (χ4n) is 3.18. The molecule has 0 saturated carbocycles. The van der Waals surface area contributed by atoms with Crippen molar-refractivity contribution in [1.82, 2.24) is 4.90 Å². The van der Waals surface area contributed by atoms with Gasteiger partial charge in [-0.05, 0) is 40.5 Å². The molecule has 1 unspecified atom stereocenters. The number of aliphatic carboxylic acids is 1. The van der Waals surface area contributed by atoms with Gasteiger partial charge in [0.1, 0.15) is 0 Å². The van der Waals surface area contributed by atoms with Crippen molar-refractivity contribution < 1.29 is 19.4 Å². The number of carboxylic acid groups (broad SMARTS) is 1. The minimum absolute atomic E-state index is 0.0315. The predicted molar refractivity (Wildman–Crippen MR) is 145 cm³/mol. The predicted octanol–water partition coefficient (Wildman–Crippen LogP) is 6.27. The number of amides is 1. The first-order valence-electron chi connectivity index (χ1n) is 11.8. The Balaban J connectivity index is 2.53. The van der Waals surface area contributed by atoms with Crippen molar-refractivity contribution in [2.75, 3.05) is 20.2 Å². The first-order valence-corrected chi connectivity index (χ1v) is 11.8. The van der Waals surface area contributed by atoms with E-state index in [-0.39, 0.29) is 12.0 Å². The highest BCUT2D eigenvalue weighted by Crippen LogP contribution is 2.13.